The van der Waals surface area contributed by atoms with Crippen LogP contribution in [0.25, 0.3) is 11.3 Å². The van der Waals surface area contributed by atoms with E-state index >= 15 is 0 Å². The SMILES string of the molecule is NOC(=O)c1ccc(Nc2ncc3c(n2)-c2ccc(Cl)cc2C(c2c(F)cccc2F)=NC3)cc1. The van der Waals surface area contributed by atoms with Crippen LogP contribution in [-0.2, 0) is 11.4 Å². The molecule has 0 saturated heterocycles. The van der Waals surface area contributed by atoms with Crippen LogP contribution in [0.1, 0.15) is 27.0 Å². The minimum atomic E-state index is -0.726. The molecule has 0 fully saturated rings. The number of aliphatic imine (C=N–C) groups is 1. The molecule has 2 heterocycles. The van der Waals surface area contributed by atoms with Gasteiger partial charge >= 0.3 is 5.97 Å². The molecule has 1 aromatic heterocycles. The highest BCUT2D eigenvalue weighted by molar-refractivity contribution is 6.31. The van der Waals surface area contributed by atoms with Crippen LogP contribution in [0.4, 0.5) is 20.4 Å². The molecule has 1 aliphatic rings. The van der Waals surface area contributed by atoms with Gasteiger partial charge in [0.25, 0.3) is 0 Å². The lowest BCUT2D eigenvalue weighted by Crippen LogP contribution is -2.10. The maximum atomic E-state index is 14.7. The lowest BCUT2D eigenvalue weighted by molar-refractivity contribution is 0.0503. The van der Waals surface area contributed by atoms with Gasteiger partial charge in [0.1, 0.15) is 11.6 Å². The van der Waals surface area contributed by atoms with E-state index in [2.05, 4.69) is 25.1 Å². The van der Waals surface area contributed by atoms with Crippen LogP contribution in [0.5, 0.6) is 0 Å². The Hall–Kier alpha value is -4.21. The molecule has 174 valence electrons. The second kappa shape index (κ2) is 9.21. The number of aromatic nitrogens is 2. The van der Waals surface area contributed by atoms with Crippen molar-refractivity contribution in [3.8, 4) is 11.3 Å². The number of nitrogens with two attached hydrogens (primary N) is 1. The number of benzene rings is 3. The Labute approximate surface area is 203 Å². The van der Waals surface area contributed by atoms with Crippen LogP contribution in [0.3, 0.4) is 0 Å². The lowest BCUT2D eigenvalue weighted by atomic mass is 9.95. The number of hydrogen-bond donors (Lipinski definition) is 2. The number of carbonyl (C=O) groups is 1. The molecule has 0 saturated carbocycles. The summed E-state index contributed by atoms with van der Waals surface area (Å²) < 4.78 is 29.3. The minimum Gasteiger partial charge on any atom is -0.370 e. The molecule has 10 heteroatoms. The summed E-state index contributed by atoms with van der Waals surface area (Å²) in [5, 5.41) is 3.46. The summed E-state index contributed by atoms with van der Waals surface area (Å²) in [6, 6.07) is 15.1. The summed E-state index contributed by atoms with van der Waals surface area (Å²) in [6.45, 7) is 0.112. The van der Waals surface area contributed by atoms with Gasteiger partial charge in [-0.1, -0.05) is 23.7 Å². The average molecular weight is 492 g/mol. The van der Waals surface area contributed by atoms with Gasteiger partial charge in [0, 0.05) is 33.6 Å². The average Bonchev–Trinajstić information content (AvgIpc) is 3.01. The molecule has 0 amide bonds. The molecule has 3 N–H and O–H groups in total. The van der Waals surface area contributed by atoms with E-state index in [1.807, 2.05) is 0 Å². The van der Waals surface area contributed by atoms with Gasteiger partial charge in [0.2, 0.25) is 5.95 Å². The van der Waals surface area contributed by atoms with E-state index in [0.29, 0.717) is 33.1 Å². The van der Waals surface area contributed by atoms with E-state index < -0.39 is 17.6 Å². The van der Waals surface area contributed by atoms with E-state index in [-0.39, 0.29) is 29.3 Å². The number of carbonyl (C=O) groups excluding carboxylic acids is 1. The number of rotatable bonds is 4. The number of nitrogens with zero attached hydrogens (tertiary/aromatic N) is 3. The van der Waals surface area contributed by atoms with Crippen molar-refractivity contribution in [3.63, 3.8) is 0 Å². The Balaban J connectivity index is 1.56. The van der Waals surface area contributed by atoms with E-state index in [4.69, 9.17) is 17.5 Å². The van der Waals surface area contributed by atoms with Crippen molar-refractivity contribution in [2.24, 2.45) is 10.9 Å². The lowest BCUT2D eigenvalue weighted by Gasteiger charge is -2.13. The quantitative estimate of drug-likeness (QED) is 0.380. The zero-order valence-electron chi connectivity index (χ0n) is 17.9. The van der Waals surface area contributed by atoms with Gasteiger partial charge in [-0.05, 0) is 48.5 Å². The molecular formula is C25H16ClF2N5O2. The van der Waals surface area contributed by atoms with Crippen LogP contribution in [0, 0.1) is 11.6 Å². The molecule has 0 spiro atoms. The monoisotopic (exact) mass is 491 g/mol. The van der Waals surface area contributed by atoms with Gasteiger partial charge in [-0.3, -0.25) is 4.99 Å². The molecule has 0 bridgehead atoms. The van der Waals surface area contributed by atoms with Crippen molar-refractivity contribution in [1.82, 2.24) is 9.97 Å². The third-order valence-electron chi connectivity index (χ3n) is 5.45. The molecule has 3 aromatic carbocycles. The fourth-order valence-corrected chi connectivity index (χ4v) is 3.98. The van der Waals surface area contributed by atoms with Gasteiger partial charge in [-0.25, -0.2) is 23.5 Å². The highest BCUT2D eigenvalue weighted by Crippen LogP contribution is 2.34. The van der Waals surface area contributed by atoms with Gasteiger partial charge in [-0.15, -0.1) is 0 Å². The zero-order valence-corrected chi connectivity index (χ0v) is 18.7. The van der Waals surface area contributed by atoms with Crippen LogP contribution < -0.4 is 11.2 Å². The zero-order chi connectivity index (χ0) is 24.5. The smallest absolute Gasteiger partial charge is 0.356 e. The third kappa shape index (κ3) is 4.34. The van der Waals surface area contributed by atoms with Crippen molar-refractivity contribution < 1.29 is 18.4 Å². The van der Waals surface area contributed by atoms with Gasteiger partial charge < -0.3 is 10.2 Å². The molecule has 5 rings (SSSR count). The fraction of sp³-hybridized carbons (Fsp3) is 0.0400. The predicted octanol–water partition coefficient (Wildman–Crippen LogP) is 5.20. The molecule has 0 atom stereocenters. The standard InChI is InChI=1S/C25H16ClF2N5O2/c26-15-6-9-17-18(10-15)23(21-19(27)2-1-3-20(21)28)30-11-14-12-31-25(33-22(14)17)32-16-7-4-13(5-8-16)24(34)35-29/h1-10,12H,11,29H2,(H,31,32,33). The van der Waals surface area contributed by atoms with Gasteiger partial charge in [0.15, 0.2) is 0 Å². The topological polar surface area (TPSA) is 102 Å². The molecule has 0 unspecified atom stereocenters. The maximum absolute atomic E-state index is 14.7. The molecule has 0 radical (unpaired) electrons. The second-order valence-corrected chi connectivity index (χ2v) is 8.06. The van der Waals surface area contributed by atoms with Gasteiger partial charge in [0.05, 0.1) is 29.1 Å². The van der Waals surface area contributed by atoms with E-state index in [1.54, 1.807) is 48.7 Å². The van der Waals surface area contributed by atoms with Crippen LogP contribution >= 0.6 is 11.6 Å². The summed E-state index contributed by atoms with van der Waals surface area (Å²) in [4.78, 5) is 29.3. The number of halogens is 3. The Bertz CT molecular complexity index is 1470. The maximum Gasteiger partial charge on any atom is 0.356 e. The first-order valence-corrected chi connectivity index (χ1v) is 10.8. The first-order chi connectivity index (χ1) is 16.9. The van der Waals surface area contributed by atoms with Crippen LogP contribution in [-0.4, -0.2) is 21.6 Å². The molecule has 35 heavy (non-hydrogen) atoms. The van der Waals surface area contributed by atoms with Crippen molar-refractivity contribution in [2.75, 3.05) is 5.32 Å². The third-order valence-corrected chi connectivity index (χ3v) is 5.68. The number of hydrogen-bond acceptors (Lipinski definition) is 7. The second-order valence-electron chi connectivity index (χ2n) is 7.63. The summed E-state index contributed by atoms with van der Waals surface area (Å²) in [7, 11) is 0. The predicted molar refractivity (Wildman–Crippen MR) is 128 cm³/mol. The molecular weight excluding hydrogens is 476 g/mol. The summed E-state index contributed by atoms with van der Waals surface area (Å²) in [5.41, 5.74) is 3.11. The molecule has 0 aliphatic carbocycles. The van der Waals surface area contributed by atoms with E-state index in [0.717, 1.165) is 0 Å². The number of nitrogens with one attached hydrogen (secondary N) is 1. The van der Waals surface area contributed by atoms with Crippen LogP contribution in [0.2, 0.25) is 5.02 Å². The number of fused-ring (bicyclic) bond motifs is 3. The molecule has 7 nitrogen and oxygen atoms in total. The highest BCUT2D eigenvalue weighted by Gasteiger charge is 2.25. The van der Waals surface area contributed by atoms with Gasteiger partial charge in [-0.2, -0.15) is 5.90 Å². The first-order valence-electron chi connectivity index (χ1n) is 10.4. The Kier molecular flexibility index (Phi) is 5.94. The van der Waals surface area contributed by atoms with Crippen molar-refractivity contribution in [2.45, 2.75) is 6.54 Å². The van der Waals surface area contributed by atoms with E-state index in [9.17, 15) is 13.6 Å². The van der Waals surface area contributed by atoms with Crippen molar-refractivity contribution >= 4 is 34.9 Å². The highest BCUT2D eigenvalue weighted by atomic mass is 35.5. The molecule has 4 aromatic rings. The van der Waals surface area contributed by atoms with E-state index in [1.165, 1.54) is 18.2 Å². The largest absolute Gasteiger partial charge is 0.370 e. The summed E-state index contributed by atoms with van der Waals surface area (Å²) in [6.07, 6.45) is 1.60. The van der Waals surface area contributed by atoms with Crippen molar-refractivity contribution in [3.05, 3.63) is 106 Å². The Morgan fingerprint density at radius 3 is 2.49 bits per heavy atom. The number of anilines is 2. The fourth-order valence-electron chi connectivity index (χ4n) is 3.81. The minimum absolute atomic E-state index is 0.112. The first kappa shape index (κ1) is 22.6. The normalized spacial score (nSPS) is 12.2. The Morgan fingerprint density at radius 1 is 1.03 bits per heavy atom. The summed E-state index contributed by atoms with van der Waals surface area (Å²) >= 11 is 6.25. The van der Waals surface area contributed by atoms with Crippen LogP contribution in [0.15, 0.2) is 71.9 Å². The summed E-state index contributed by atoms with van der Waals surface area (Å²) in [5.74, 6) is 3.08. The molecule has 1 aliphatic heterocycles. The van der Waals surface area contributed by atoms with Crippen molar-refractivity contribution in [1.29, 1.82) is 0 Å². The Morgan fingerprint density at radius 2 is 1.77 bits per heavy atom.